The Kier molecular flexibility index (Phi) is 6.10. The van der Waals surface area contributed by atoms with E-state index in [0.717, 1.165) is 24.9 Å². The van der Waals surface area contributed by atoms with E-state index >= 15 is 0 Å². The highest BCUT2D eigenvalue weighted by atomic mass is 35.5. The maximum Gasteiger partial charge on any atom is 0.573 e. The quantitative estimate of drug-likeness (QED) is 0.929. The van der Waals surface area contributed by atoms with E-state index in [1.165, 1.54) is 12.1 Å². The Bertz CT molecular complexity index is 411. The van der Waals surface area contributed by atoms with Gasteiger partial charge in [-0.25, -0.2) is 0 Å². The molecule has 1 aromatic carbocycles. The van der Waals surface area contributed by atoms with Crippen LogP contribution < -0.4 is 10.5 Å². The number of nitrogens with zero attached hydrogens (tertiary/aromatic N) is 1. The Morgan fingerprint density at radius 3 is 2.45 bits per heavy atom. The van der Waals surface area contributed by atoms with Crippen molar-refractivity contribution in [2.45, 2.75) is 31.8 Å². The second-order valence-corrected chi connectivity index (χ2v) is 4.69. The van der Waals surface area contributed by atoms with E-state index < -0.39 is 6.36 Å². The number of ether oxygens (including phenoxy) is 1. The van der Waals surface area contributed by atoms with E-state index in [0.29, 0.717) is 19.1 Å². The van der Waals surface area contributed by atoms with Crippen LogP contribution in [0.15, 0.2) is 24.3 Å². The van der Waals surface area contributed by atoms with Crippen molar-refractivity contribution in [3.8, 4) is 5.75 Å². The van der Waals surface area contributed by atoms with Crippen molar-refractivity contribution in [2.75, 3.05) is 13.1 Å². The largest absolute Gasteiger partial charge is 0.573 e. The number of hydrogen-bond acceptors (Lipinski definition) is 3. The summed E-state index contributed by atoms with van der Waals surface area (Å²) in [6, 6.07) is 6.39. The molecule has 1 aliphatic heterocycles. The van der Waals surface area contributed by atoms with Gasteiger partial charge in [0, 0.05) is 19.1 Å². The molecule has 1 aliphatic rings. The molecular formula is C13H18ClF3N2O. The second-order valence-electron chi connectivity index (χ2n) is 4.69. The van der Waals surface area contributed by atoms with Gasteiger partial charge in [0.05, 0.1) is 0 Å². The van der Waals surface area contributed by atoms with Crippen molar-refractivity contribution in [3.05, 3.63) is 29.8 Å². The predicted molar refractivity (Wildman–Crippen MR) is 72.9 cm³/mol. The fraction of sp³-hybridized carbons (Fsp3) is 0.538. The Morgan fingerprint density at radius 2 is 1.90 bits per heavy atom. The van der Waals surface area contributed by atoms with Gasteiger partial charge in [0.25, 0.3) is 0 Å². The highest BCUT2D eigenvalue weighted by Crippen LogP contribution is 2.24. The molecular weight excluding hydrogens is 293 g/mol. The van der Waals surface area contributed by atoms with Crippen molar-refractivity contribution in [1.29, 1.82) is 0 Å². The van der Waals surface area contributed by atoms with Gasteiger partial charge in [-0.05, 0) is 37.1 Å². The van der Waals surface area contributed by atoms with Crippen molar-refractivity contribution >= 4 is 12.4 Å². The summed E-state index contributed by atoms with van der Waals surface area (Å²) < 4.78 is 39.9. The van der Waals surface area contributed by atoms with E-state index in [2.05, 4.69) is 9.64 Å². The molecule has 114 valence electrons. The summed E-state index contributed by atoms with van der Waals surface area (Å²) in [5.41, 5.74) is 6.65. The van der Waals surface area contributed by atoms with Gasteiger partial charge in [0.2, 0.25) is 0 Å². The summed E-state index contributed by atoms with van der Waals surface area (Å²) in [5.74, 6) is -0.187. The molecule has 1 fully saturated rings. The van der Waals surface area contributed by atoms with E-state index in [1.807, 2.05) is 0 Å². The van der Waals surface area contributed by atoms with E-state index in [-0.39, 0.29) is 18.2 Å². The number of benzene rings is 1. The fourth-order valence-electron chi connectivity index (χ4n) is 2.40. The number of hydrogen-bond donors (Lipinski definition) is 1. The molecule has 3 nitrogen and oxygen atoms in total. The van der Waals surface area contributed by atoms with Crippen LogP contribution in [0.1, 0.15) is 18.4 Å². The molecule has 0 aromatic heterocycles. The Labute approximate surface area is 122 Å². The third-order valence-corrected chi connectivity index (χ3v) is 3.31. The van der Waals surface area contributed by atoms with E-state index in [1.54, 1.807) is 12.1 Å². The van der Waals surface area contributed by atoms with Crippen LogP contribution in [0.25, 0.3) is 0 Å². The zero-order valence-corrected chi connectivity index (χ0v) is 11.7. The topological polar surface area (TPSA) is 38.5 Å². The smallest absolute Gasteiger partial charge is 0.406 e. The van der Waals surface area contributed by atoms with Gasteiger partial charge in [-0.3, -0.25) is 4.90 Å². The summed E-state index contributed by atoms with van der Waals surface area (Å²) in [5, 5.41) is 0. The minimum absolute atomic E-state index is 0. The van der Waals surface area contributed by atoms with Crippen molar-refractivity contribution in [1.82, 2.24) is 4.90 Å². The van der Waals surface area contributed by atoms with Crippen LogP contribution in [0.4, 0.5) is 13.2 Å². The summed E-state index contributed by atoms with van der Waals surface area (Å²) in [6.07, 6.45) is -2.43. The molecule has 0 radical (unpaired) electrons. The van der Waals surface area contributed by atoms with Crippen LogP contribution in [0.2, 0.25) is 0 Å². The normalized spacial score (nSPS) is 19.7. The summed E-state index contributed by atoms with van der Waals surface area (Å²) in [7, 11) is 0. The molecule has 1 heterocycles. The Hall–Kier alpha value is -0.980. The van der Waals surface area contributed by atoms with Gasteiger partial charge in [-0.15, -0.1) is 25.6 Å². The SMILES string of the molecule is Cl.NCC1CCCN1Cc1ccc(OC(F)(F)F)cc1. The molecule has 0 saturated carbocycles. The first-order valence-electron chi connectivity index (χ1n) is 6.27. The molecule has 2 rings (SSSR count). The maximum atomic E-state index is 12.0. The Morgan fingerprint density at radius 1 is 1.25 bits per heavy atom. The van der Waals surface area contributed by atoms with E-state index in [4.69, 9.17) is 5.73 Å². The standard InChI is InChI=1S/C13H17F3N2O.ClH/c14-13(15,16)19-12-5-3-10(4-6-12)9-18-7-1-2-11(18)8-17;/h3-6,11H,1-2,7-9,17H2;1H. The molecule has 1 atom stereocenters. The summed E-state index contributed by atoms with van der Waals surface area (Å²) >= 11 is 0. The number of alkyl halides is 3. The lowest BCUT2D eigenvalue weighted by atomic mass is 10.2. The van der Waals surface area contributed by atoms with Crippen LogP contribution in [0, 0.1) is 0 Å². The molecule has 1 unspecified atom stereocenters. The molecule has 2 N–H and O–H groups in total. The van der Waals surface area contributed by atoms with Crippen molar-refractivity contribution in [2.24, 2.45) is 5.73 Å². The zero-order chi connectivity index (χ0) is 13.9. The molecule has 0 amide bonds. The van der Waals surface area contributed by atoms with Crippen molar-refractivity contribution in [3.63, 3.8) is 0 Å². The lowest BCUT2D eigenvalue weighted by Gasteiger charge is -2.23. The van der Waals surface area contributed by atoms with Crippen LogP contribution in [-0.2, 0) is 6.54 Å². The van der Waals surface area contributed by atoms with E-state index in [9.17, 15) is 13.2 Å². The van der Waals surface area contributed by atoms with Crippen molar-refractivity contribution < 1.29 is 17.9 Å². The van der Waals surface area contributed by atoms with Crippen LogP contribution in [0.3, 0.4) is 0 Å². The van der Waals surface area contributed by atoms with Gasteiger partial charge in [0.15, 0.2) is 0 Å². The summed E-state index contributed by atoms with van der Waals surface area (Å²) in [6.45, 7) is 2.33. The third kappa shape index (κ3) is 4.85. The molecule has 0 aliphatic carbocycles. The first kappa shape index (κ1) is 17.1. The average Bonchev–Trinajstić information content (AvgIpc) is 2.77. The molecule has 0 spiro atoms. The average molecular weight is 311 g/mol. The van der Waals surface area contributed by atoms with Gasteiger partial charge < -0.3 is 10.5 Å². The first-order valence-corrected chi connectivity index (χ1v) is 6.27. The first-order chi connectivity index (χ1) is 8.98. The van der Waals surface area contributed by atoms with Gasteiger partial charge >= 0.3 is 6.36 Å². The molecule has 20 heavy (non-hydrogen) atoms. The lowest BCUT2D eigenvalue weighted by molar-refractivity contribution is -0.274. The van der Waals surface area contributed by atoms with Gasteiger partial charge in [-0.2, -0.15) is 0 Å². The summed E-state index contributed by atoms with van der Waals surface area (Å²) in [4.78, 5) is 2.26. The maximum absolute atomic E-state index is 12.0. The number of likely N-dealkylation sites (tertiary alicyclic amines) is 1. The molecule has 7 heteroatoms. The minimum Gasteiger partial charge on any atom is -0.406 e. The fourth-order valence-corrected chi connectivity index (χ4v) is 2.40. The number of rotatable bonds is 4. The zero-order valence-electron chi connectivity index (χ0n) is 10.9. The second kappa shape index (κ2) is 7.15. The molecule has 1 aromatic rings. The predicted octanol–water partition coefficient (Wildman–Crippen LogP) is 2.93. The molecule has 1 saturated heterocycles. The monoisotopic (exact) mass is 310 g/mol. The van der Waals surface area contributed by atoms with Gasteiger partial charge in [-0.1, -0.05) is 12.1 Å². The third-order valence-electron chi connectivity index (χ3n) is 3.31. The number of nitrogens with two attached hydrogens (primary N) is 1. The number of halogens is 4. The molecule has 0 bridgehead atoms. The van der Waals surface area contributed by atoms with Crippen LogP contribution in [0.5, 0.6) is 5.75 Å². The van der Waals surface area contributed by atoms with Gasteiger partial charge in [0.1, 0.15) is 5.75 Å². The van der Waals surface area contributed by atoms with Crippen LogP contribution in [-0.4, -0.2) is 30.4 Å². The Balaban J connectivity index is 0.00000200. The lowest BCUT2D eigenvalue weighted by Crippen LogP contribution is -2.34. The highest BCUT2D eigenvalue weighted by molar-refractivity contribution is 5.85. The minimum atomic E-state index is -4.64. The highest BCUT2D eigenvalue weighted by Gasteiger charge is 2.31. The van der Waals surface area contributed by atoms with Crippen LogP contribution >= 0.6 is 12.4 Å².